The highest BCUT2D eigenvalue weighted by molar-refractivity contribution is 9.10. The van der Waals surface area contributed by atoms with Crippen LogP contribution >= 0.6 is 27.5 Å². The van der Waals surface area contributed by atoms with E-state index in [1.807, 2.05) is 37.3 Å². The molecule has 4 heteroatoms. The molecule has 1 heterocycles. The van der Waals surface area contributed by atoms with Crippen molar-refractivity contribution < 1.29 is 4.74 Å². The van der Waals surface area contributed by atoms with Crippen LogP contribution in [-0.2, 0) is 0 Å². The number of hydrogen-bond donors (Lipinski definition) is 0. The molecule has 0 amide bonds. The van der Waals surface area contributed by atoms with Crippen LogP contribution in [0.15, 0.2) is 34.9 Å². The molecule has 0 unspecified atom stereocenters. The highest BCUT2D eigenvalue weighted by atomic mass is 79.9. The van der Waals surface area contributed by atoms with E-state index < -0.39 is 0 Å². The lowest BCUT2D eigenvalue weighted by molar-refractivity contribution is 0.457. The minimum absolute atomic E-state index is 0.353. The van der Waals surface area contributed by atoms with E-state index in [2.05, 4.69) is 34.8 Å². The van der Waals surface area contributed by atoms with E-state index in [-0.39, 0.29) is 0 Å². The molecule has 0 aliphatic carbocycles. The molecule has 0 aliphatic rings. The van der Waals surface area contributed by atoms with E-state index in [1.165, 1.54) is 0 Å². The number of benzene rings is 1. The molecule has 2 rings (SSSR count). The number of ether oxygens (including phenoxy) is 1. The first-order chi connectivity index (χ1) is 8.97. The first-order valence-electron chi connectivity index (χ1n) is 6.08. The molecular formula is C15H15BrClNO. The summed E-state index contributed by atoms with van der Waals surface area (Å²) < 4.78 is 6.59. The molecule has 1 aromatic carbocycles. The summed E-state index contributed by atoms with van der Waals surface area (Å²) >= 11 is 9.58. The molecule has 19 heavy (non-hydrogen) atoms. The highest BCUT2D eigenvalue weighted by Crippen LogP contribution is 2.33. The van der Waals surface area contributed by atoms with Crippen LogP contribution in [0.1, 0.15) is 30.9 Å². The molecule has 0 atom stereocenters. The summed E-state index contributed by atoms with van der Waals surface area (Å²) in [5.74, 6) is 1.71. The second-order valence-corrected chi connectivity index (χ2v) is 5.91. The predicted molar refractivity (Wildman–Crippen MR) is 82.3 cm³/mol. The van der Waals surface area contributed by atoms with Crippen LogP contribution in [-0.4, -0.2) is 4.98 Å². The summed E-state index contributed by atoms with van der Waals surface area (Å²) in [5, 5.41) is 0.780. The summed E-state index contributed by atoms with van der Waals surface area (Å²) in [5.41, 5.74) is 2.08. The van der Waals surface area contributed by atoms with Crippen LogP contribution in [0.25, 0.3) is 0 Å². The predicted octanol–water partition coefficient (Wildman–Crippen LogP) is 5.72. The van der Waals surface area contributed by atoms with Gasteiger partial charge in [-0.15, -0.1) is 0 Å². The van der Waals surface area contributed by atoms with E-state index in [0.29, 0.717) is 11.8 Å². The Labute approximate surface area is 126 Å². The monoisotopic (exact) mass is 339 g/mol. The molecule has 2 nitrogen and oxygen atoms in total. The largest absolute Gasteiger partial charge is 0.439 e. The smallest absolute Gasteiger partial charge is 0.220 e. The first kappa shape index (κ1) is 14.4. The number of halogens is 2. The van der Waals surface area contributed by atoms with Crippen molar-refractivity contribution in [3.05, 3.63) is 51.1 Å². The lowest BCUT2D eigenvalue weighted by Crippen LogP contribution is -1.95. The molecule has 0 spiro atoms. The molecule has 0 bridgehead atoms. The van der Waals surface area contributed by atoms with Gasteiger partial charge < -0.3 is 4.74 Å². The summed E-state index contributed by atoms with van der Waals surface area (Å²) in [6.07, 6.45) is 0. The number of pyridine rings is 1. The zero-order valence-electron chi connectivity index (χ0n) is 11.1. The molecule has 0 radical (unpaired) electrons. The van der Waals surface area contributed by atoms with E-state index in [4.69, 9.17) is 16.3 Å². The molecule has 100 valence electrons. The van der Waals surface area contributed by atoms with Crippen molar-refractivity contribution in [1.82, 2.24) is 4.98 Å². The van der Waals surface area contributed by atoms with E-state index in [0.717, 1.165) is 26.5 Å². The van der Waals surface area contributed by atoms with Gasteiger partial charge in [-0.1, -0.05) is 31.5 Å². The fourth-order valence-electron chi connectivity index (χ4n) is 1.78. The molecule has 0 N–H and O–H groups in total. The van der Waals surface area contributed by atoms with Gasteiger partial charge in [-0.25, -0.2) is 4.98 Å². The summed E-state index contributed by atoms with van der Waals surface area (Å²) in [4.78, 5) is 4.27. The van der Waals surface area contributed by atoms with Crippen molar-refractivity contribution in [3.8, 4) is 11.6 Å². The van der Waals surface area contributed by atoms with Crippen LogP contribution < -0.4 is 4.74 Å². The molecule has 0 saturated heterocycles. The Kier molecular flexibility index (Phi) is 4.48. The third-order valence-corrected chi connectivity index (χ3v) is 3.59. The number of nitrogens with zero attached hydrogens (tertiary/aromatic N) is 1. The SMILES string of the molecule is Cc1cc(Cl)c(C(C)C)cc1Oc1cccc(Br)n1. The van der Waals surface area contributed by atoms with Crippen molar-refractivity contribution in [1.29, 1.82) is 0 Å². The van der Waals surface area contributed by atoms with Crippen LogP contribution in [0, 0.1) is 6.92 Å². The highest BCUT2D eigenvalue weighted by Gasteiger charge is 2.11. The molecular weight excluding hydrogens is 326 g/mol. The lowest BCUT2D eigenvalue weighted by Gasteiger charge is -2.14. The minimum atomic E-state index is 0.353. The van der Waals surface area contributed by atoms with Gasteiger partial charge in [0, 0.05) is 11.1 Å². The topological polar surface area (TPSA) is 22.1 Å². The van der Waals surface area contributed by atoms with Crippen molar-refractivity contribution in [2.75, 3.05) is 0 Å². The average Bonchev–Trinajstić information content (AvgIpc) is 2.32. The van der Waals surface area contributed by atoms with Crippen molar-refractivity contribution in [2.45, 2.75) is 26.7 Å². The van der Waals surface area contributed by atoms with Crippen molar-refractivity contribution in [2.24, 2.45) is 0 Å². The van der Waals surface area contributed by atoms with E-state index in [1.54, 1.807) is 0 Å². The Balaban J connectivity index is 2.37. The summed E-state index contributed by atoms with van der Waals surface area (Å²) in [7, 11) is 0. The number of aryl methyl sites for hydroxylation is 1. The van der Waals surface area contributed by atoms with E-state index >= 15 is 0 Å². The Bertz CT molecular complexity index is 599. The molecule has 0 saturated carbocycles. The Morgan fingerprint density at radius 3 is 2.63 bits per heavy atom. The fraction of sp³-hybridized carbons (Fsp3) is 0.267. The minimum Gasteiger partial charge on any atom is -0.439 e. The normalized spacial score (nSPS) is 10.8. The molecule has 2 aromatic rings. The van der Waals surface area contributed by atoms with Crippen molar-refractivity contribution in [3.63, 3.8) is 0 Å². The van der Waals surface area contributed by atoms with Crippen LogP contribution in [0.3, 0.4) is 0 Å². The van der Waals surface area contributed by atoms with Gasteiger partial charge in [-0.2, -0.15) is 0 Å². The lowest BCUT2D eigenvalue weighted by atomic mass is 10.0. The Hall–Kier alpha value is -1.06. The summed E-state index contributed by atoms with van der Waals surface area (Å²) in [6, 6.07) is 9.51. The van der Waals surface area contributed by atoms with Gasteiger partial charge in [-0.05, 0) is 58.1 Å². The van der Waals surface area contributed by atoms with Crippen LogP contribution in [0.4, 0.5) is 0 Å². The zero-order chi connectivity index (χ0) is 14.0. The molecule has 0 fully saturated rings. The van der Waals surface area contributed by atoms with Gasteiger partial charge in [-0.3, -0.25) is 0 Å². The van der Waals surface area contributed by atoms with Gasteiger partial charge in [0.05, 0.1) is 0 Å². The van der Waals surface area contributed by atoms with Gasteiger partial charge in [0.15, 0.2) is 0 Å². The van der Waals surface area contributed by atoms with Gasteiger partial charge in [0.25, 0.3) is 0 Å². The van der Waals surface area contributed by atoms with Crippen molar-refractivity contribution >= 4 is 27.5 Å². The number of hydrogen-bond acceptors (Lipinski definition) is 2. The van der Waals surface area contributed by atoms with Gasteiger partial charge in [0.1, 0.15) is 10.4 Å². The second kappa shape index (κ2) is 5.93. The summed E-state index contributed by atoms with van der Waals surface area (Å²) in [6.45, 7) is 6.19. The average molecular weight is 341 g/mol. The zero-order valence-corrected chi connectivity index (χ0v) is 13.4. The van der Waals surface area contributed by atoms with Crippen LogP contribution in [0.5, 0.6) is 11.6 Å². The Morgan fingerprint density at radius 1 is 1.26 bits per heavy atom. The number of aromatic nitrogens is 1. The first-order valence-corrected chi connectivity index (χ1v) is 7.25. The molecule has 0 aliphatic heterocycles. The third-order valence-electron chi connectivity index (χ3n) is 2.82. The quantitative estimate of drug-likeness (QED) is 0.666. The Morgan fingerprint density at radius 2 is 2.00 bits per heavy atom. The maximum Gasteiger partial charge on any atom is 0.220 e. The molecule has 1 aromatic heterocycles. The van der Waals surface area contributed by atoms with Gasteiger partial charge >= 0.3 is 0 Å². The van der Waals surface area contributed by atoms with E-state index in [9.17, 15) is 0 Å². The standard InChI is InChI=1S/C15H15BrClNO/c1-9(2)11-8-13(10(3)7-12(11)17)19-15-6-4-5-14(16)18-15/h4-9H,1-3H3. The number of rotatable bonds is 3. The van der Waals surface area contributed by atoms with Crippen LogP contribution in [0.2, 0.25) is 5.02 Å². The fourth-order valence-corrected chi connectivity index (χ4v) is 2.54. The van der Waals surface area contributed by atoms with Gasteiger partial charge in [0.2, 0.25) is 5.88 Å². The maximum atomic E-state index is 6.25. The maximum absolute atomic E-state index is 6.25. The third kappa shape index (κ3) is 3.48. The second-order valence-electron chi connectivity index (χ2n) is 4.69.